The predicted octanol–water partition coefficient (Wildman–Crippen LogP) is -0.609. The van der Waals surface area contributed by atoms with Crippen molar-refractivity contribution in [2.24, 2.45) is 9.98 Å². The minimum atomic E-state index is -1.76. The fourth-order valence-electron chi connectivity index (χ4n) is 0.705. The van der Waals surface area contributed by atoms with E-state index >= 15 is 0 Å². The van der Waals surface area contributed by atoms with Crippen LogP contribution in [0.15, 0.2) is 9.98 Å². The molecular weight excluding hydrogens is 215 g/mol. The first-order chi connectivity index (χ1) is 10.1. The van der Waals surface area contributed by atoms with Crippen molar-refractivity contribution in [2.75, 3.05) is 0 Å². The normalized spacial score (nSPS) is 24.4. The molecule has 6 N–H and O–H groups in total. The molecule has 0 aromatic rings. The van der Waals surface area contributed by atoms with Gasteiger partial charge in [0, 0.05) is 0 Å². The minimum absolute atomic E-state index is 0.322. The molecule has 0 aromatic carbocycles. The molecule has 7 nitrogen and oxygen atoms in total. The van der Waals surface area contributed by atoms with Crippen LogP contribution in [0.3, 0.4) is 0 Å². The van der Waals surface area contributed by atoms with E-state index in [0.717, 1.165) is 0 Å². The second-order valence-electron chi connectivity index (χ2n) is 3.28. The highest BCUT2D eigenvalue weighted by Crippen LogP contribution is 1.98. The van der Waals surface area contributed by atoms with Crippen molar-refractivity contribution in [3.05, 3.63) is 0 Å². The zero-order valence-electron chi connectivity index (χ0n) is 15.2. The van der Waals surface area contributed by atoms with Crippen LogP contribution in [0.4, 0.5) is 0 Å². The summed E-state index contributed by atoms with van der Waals surface area (Å²) in [5, 5.41) is 12.2. The van der Waals surface area contributed by atoms with Crippen LogP contribution in [0.2, 0.25) is 4.24 Å². The lowest BCUT2D eigenvalue weighted by molar-refractivity contribution is -0.392. The van der Waals surface area contributed by atoms with E-state index in [2.05, 4.69) is 25.3 Å². The molecular formula is C9H18N3O4+. The maximum atomic E-state index is 11.1. The van der Waals surface area contributed by atoms with Gasteiger partial charge >= 0.3 is 10.2 Å². The van der Waals surface area contributed by atoms with Crippen LogP contribution < -0.4 is 5.71 Å². The van der Waals surface area contributed by atoms with E-state index in [4.69, 9.17) is 8.53 Å². The summed E-state index contributed by atoms with van der Waals surface area (Å²) in [4.78, 5) is 18.6. The van der Waals surface area contributed by atoms with Gasteiger partial charge in [-0.15, -0.1) is 0 Å². The van der Waals surface area contributed by atoms with Crippen LogP contribution in [0.1, 0.15) is 20.8 Å². The number of quaternary nitrogens is 1. The van der Waals surface area contributed by atoms with Crippen LogP contribution in [0, 0.1) is 0 Å². The number of carboxylic acids is 1. The first-order valence-corrected chi connectivity index (χ1v) is 4.64. The van der Waals surface area contributed by atoms with E-state index in [1.165, 1.54) is 20.8 Å². The summed E-state index contributed by atoms with van der Waals surface area (Å²) in [7, 11) is 0. The fraction of sp³-hybridized carbons (Fsp3) is 0.667. The predicted molar refractivity (Wildman–Crippen MR) is 59.0 cm³/mol. The minimum Gasteiger partial charge on any atom is -0.495 e. The van der Waals surface area contributed by atoms with Crippen LogP contribution in [0.5, 0.6) is 0 Å². The fourth-order valence-corrected chi connectivity index (χ4v) is 0.705. The molecule has 0 aliphatic carbocycles. The summed E-state index contributed by atoms with van der Waals surface area (Å²) >= 11 is 0. The van der Waals surface area contributed by atoms with E-state index in [1.54, 1.807) is 0 Å². The van der Waals surface area contributed by atoms with Gasteiger partial charge in [-0.25, -0.2) is 14.8 Å². The van der Waals surface area contributed by atoms with Gasteiger partial charge < -0.3 is 21.0 Å². The second kappa shape index (κ2) is 6.06. The number of carbonyl (C=O) groups is 1. The highest BCUT2D eigenvalue weighted by Gasteiger charge is 2.16. The highest BCUT2D eigenvalue weighted by atomic mass is 16.4. The first-order valence-electron chi connectivity index (χ1n) is 7.20. The summed E-state index contributed by atoms with van der Waals surface area (Å²) in [6.45, 7) is 4.01. The SMILES string of the molecule is [2H]OC(=O)[C@@H](C)N=[13C](O[2H])[C@@H](C)N=C(O[2H])[C@H](C)[N+]([2H])([2H])[2H]. The largest absolute Gasteiger partial charge is 0.495 e. The molecule has 0 aromatic heterocycles. The van der Waals surface area contributed by atoms with Crippen LogP contribution >= 0.6 is 0 Å². The lowest BCUT2D eigenvalue weighted by Gasteiger charge is -2.08. The zero-order valence-corrected chi connectivity index (χ0v) is 9.21. The van der Waals surface area contributed by atoms with Gasteiger partial charge in [-0.1, -0.05) is 0 Å². The van der Waals surface area contributed by atoms with E-state index in [9.17, 15) is 4.79 Å². The Hall–Kier alpha value is -1.63. The Morgan fingerprint density at radius 2 is 1.81 bits per heavy atom. The van der Waals surface area contributed by atoms with E-state index in [0.29, 0.717) is 0 Å². The molecule has 0 rings (SSSR count). The van der Waals surface area contributed by atoms with Crippen molar-refractivity contribution < 1.29 is 30.1 Å². The quantitative estimate of drug-likeness (QED) is 0.280. The molecule has 3 atom stereocenters. The highest BCUT2D eigenvalue weighted by molar-refractivity contribution is 5.86. The molecule has 0 amide bonds. The number of aliphatic carboxylic acids is 1. The molecule has 0 radical (unpaired) electrons. The second-order valence-corrected chi connectivity index (χ2v) is 3.28. The number of rotatable bonds is 6. The molecule has 0 bridgehead atoms. The number of aliphatic hydroxyl groups is 2. The summed E-state index contributed by atoms with van der Waals surface area (Å²) < 4.78 is 41.9. The lowest BCUT2D eigenvalue weighted by Crippen LogP contribution is -2.63. The third-order valence-electron chi connectivity index (χ3n) is 1.70. The van der Waals surface area contributed by atoms with Crippen molar-refractivity contribution >= 4 is 17.8 Å². The first kappa shape index (κ1) is 6.85. The van der Waals surface area contributed by atoms with Gasteiger partial charge in [0.2, 0.25) is 11.8 Å². The topological polar surface area (TPSA) is 130 Å². The zero-order chi connectivity index (χ0) is 17.5. The molecule has 0 heterocycles. The van der Waals surface area contributed by atoms with Gasteiger partial charge in [-0.05, 0) is 20.8 Å². The molecule has 0 aliphatic rings. The van der Waals surface area contributed by atoms with Crippen molar-refractivity contribution in [3.8, 4) is 0 Å². The van der Waals surface area contributed by atoms with Crippen LogP contribution in [-0.4, -0.2) is 51.2 Å². The average Bonchev–Trinajstić information content (AvgIpc) is 2.46. The summed E-state index contributed by atoms with van der Waals surface area (Å²) in [6, 6.07) is -3.29. The Morgan fingerprint density at radius 1 is 1.19 bits per heavy atom. The Bertz CT molecular complexity index is 442. The Labute approximate surface area is 102 Å². The number of carboxylic acid groups (broad SMARTS) is 1. The van der Waals surface area contributed by atoms with Crippen molar-refractivity contribution in [2.45, 2.75) is 38.9 Å². The Balaban J connectivity index is 5.33. The average molecular weight is 239 g/mol. The van der Waals surface area contributed by atoms with Gasteiger partial charge in [0.1, 0.15) is 12.1 Å². The van der Waals surface area contributed by atoms with Gasteiger partial charge in [0.25, 0.3) is 4.29 Å². The maximum absolute atomic E-state index is 11.1. The van der Waals surface area contributed by atoms with Gasteiger partial charge in [0.15, 0.2) is 6.04 Å². The molecule has 0 saturated carbocycles. The number of nitrogens with zero attached hydrogens (tertiary/aromatic N) is 2. The van der Waals surface area contributed by atoms with E-state index < -0.39 is 35.7 Å². The Morgan fingerprint density at radius 3 is 2.31 bits per heavy atom. The number of hydrogen-bond donors (Lipinski definition) is 4. The molecule has 7 heteroatoms. The van der Waals surface area contributed by atoms with Crippen molar-refractivity contribution in [3.63, 3.8) is 0 Å². The molecule has 0 fully saturated rings. The molecule has 92 valence electrons. The summed E-state index contributed by atoms with van der Waals surface area (Å²) in [5.74, 6) is -1.69. The summed E-state index contributed by atoms with van der Waals surface area (Å²) in [6.07, 6.45) is 0. The van der Waals surface area contributed by atoms with Crippen LogP contribution in [0.25, 0.3) is 4.29 Å². The third kappa shape index (κ3) is 4.74. The summed E-state index contributed by atoms with van der Waals surface area (Å²) in [5.41, 5.74) is -1.76. The standard InChI is InChI=1S/C9H17N3O4/c1-4(10)7(13)11-5(2)8(14)12-6(3)9(15)16/h4-6H,10H2,1-3H3,(H,11,13)(H,12,14)(H,15,16)/p+1/t4-,5+,6+/m0/s1/i8+1/hD6. The Kier molecular flexibility index (Phi) is 2.59. The molecule has 0 unspecified atom stereocenters. The number of aliphatic hydroxyl groups excluding tert-OH is 2. The van der Waals surface area contributed by atoms with E-state index in [1.807, 2.05) is 0 Å². The van der Waals surface area contributed by atoms with Gasteiger partial charge in [0.05, 0.1) is 0 Å². The van der Waals surface area contributed by atoms with Gasteiger partial charge in [-0.3, -0.25) is 0 Å². The van der Waals surface area contributed by atoms with Crippen molar-refractivity contribution in [1.29, 1.82) is 4.29 Å². The molecule has 0 aliphatic heterocycles. The van der Waals surface area contributed by atoms with Gasteiger partial charge in [-0.2, -0.15) is 0 Å². The molecule has 0 spiro atoms. The third-order valence-corrected chi connectivity index (χ3v) is 1.70. The van der Waals surface area contributed by atoms with E-state index in [-0.39, 0.29) is 5.90 Å². The molecule has 16 heavy (non-hydrogen) atoms. The van der Waals surface area contributed by atoms with Crippen LogP contribution in [-0.2, 0) is 4.79 Å². The molecule has 0 saturated heterocycles. The number of aliphatic imine (C=N–C) groups is 2. The van der Waals surface area contributed by atoms with Crippen molar-refractivity contribution in [1.82, 2.24) is 0 Å². The number of hydrogen-bond acceptors (Lipinski definition) is 6. The monoisotopic (exact) mass is 239 g/mol. The maximum Gasteiger partial charge on any atom is 0.345 e. The lowest BCUT2D eigenvalue weighted by atomic mass is 10.3. The smallest absolute Gasteiger partial charge is 0.345 e.